The second-order valence-electron chi connectivity index (χ2n) is 1.71. The monoisotopic (exact) mass is 136 g/mol. The number of carboxylic acid groups (broad SMARTS) is 1. The molecule has 2 N–H and O–H groups in total. The van der Waals surface area contributed by atoms with Crippen LogP contribution in [0.4, 0.5) is 10.5 Å². The molecule has 0 aromatic heterocycles. The van der Waals surface area contributed by atoms with Gasteiger partial charge in [-0.15, -0.1) is 0 Å². The smallest absolute Gasteiger partial charge is 0.409 e. The number of nitrogens with one attached hydrogen (secondary N) is 1. The fourth-order valence-corrected chi connectivity index (χ4v) is 0.586. The van der Waals surface area contributed by atoms with Crippen LogP contribution in [0.25, 0.3) is 0 Å². The lowest BCUT2D eigenvalue weighted by atomic mass is 10.3. The Kier molecular flexibility index (Phi) is 1.89. The summed E-state index contributed by atoms with van der Waals surface area (Å²) in [6.45, 7) is 0. The van der Waals surface area contributed by atoms with Gasteiger partial charge in [-0.05, 0) is 6.07 Å². The second kappa shape index (κ2) is 2.87. The highest BCUT2D eigenvalue weighted by atomic mass is 16.4. The molecule has 0 unspecified atom stereocenters. The number of rotatable bonds is 1. The van der Waals surface area contributed by atoms with Crippen molar-refractivity contribution in [3.8, 4) is 0 Å². The molecule has 51 valence electrons. The molecule has 1 radical (unpaired) electrons. The Hall–Kier alpha value is -1.51. The maximum absolute atomic E-state index is 10.0. The average Bonchev–Trinajstić information content (AvgIpc) is 1.88. The third kappa shape index (κ3) is 1.78. The van der Waals surface area contributed by atoms with Gasteiger partial charge in [-0.3, -0.25) is 5.32 Å². The highest BCUT2D eigenvalue weighted by Crippen LogP contribution is 2.02. The minimum absolute atomic E-state index is 0.468. The Morgan fingerprint density at radius 2 is 2.40 bits per heavy atom. The van der Waals surface area contributed by atoms with Crippen molar-refractivity contribution in [2.75, 3.05) is 5.32 Å². The Balaban J connectivity index is 2.67. The molecule has 0 bridgehead atoms. The molecule has 0 aliphatic heterocycles. The number of amides is 1. The average molecular weight is 136 g/mol. The van der Waals surface area contributed by atoms with Gasteiger partial charge in [-0.2, -0.15) is 0 Å². The van der Waals surface area contributed by atoms with Gasteiger partial charge in [-0.25, -0.2) is 4.79 Å². The maximum atomic E-state index is 10.0. The number of benzene rings is 1. The predicted octanol–water partition coefficient (Wildman–Crippen LogP) is 1.58. The van der Waals surface area contributed by atoms with E-state index in [4.69, 9.17) is 5.11 Å². The molecule has 3 heteroatoms. The lowest BCUT2D eigenvalue weighted by Gasteiger charge is -1.96. The molecule has 0 heterocycles. The van der Waals surface area contributed by atoms with E-state index in [2.05, 4.69) is 11.4 Å². The van der Waals surface area contributed by atoms with E-state index in [0.29, 0.717) is 5.69 Å². The first kappa shape index (κ1) is 6.61. The van der Waals surface area contributed by atoms with E-state index in [1.54, 1.807) is 24.3 Å². The van der Waals surface area contributed by atoms with Crippen molar-refractivity contribution < 1.29 is 9.90 Å². The maximum Gasteiger partial charge on any atom is 0.409 e. The summed E-state index contributed by atoms with van der Waals surface area (Å²) in [6.07, 6.45) is -1.07. The normalized spacial score (nSPS) is 8.80. The molecule has 0 saturated heterocycles. The molecular formula is C7H6NO2. The summed E-state index contributed by atoms with van der Waals surface area (Å²) in [5.74, 6) is 0. The first-order valence-electron chi connectivity index (χ1n) is 2.76. The van der Waals surface area contributed by atoms with Crippen LogP contribution in [-0.4, -0.2) is 11.2 Å². The van der Waals surface area contributed by atoms with Crippen LogP contribution in [0.15, 0.2) is 24.3 Å². The zero-order valence-corrected chi connectivity index (χ0v) is 5.16. The fraction of sp³-hybridized carbons (Fsp3) is 0. The van der Waals surface area contributed by atoms with Crippen LogP contribution < -0.4 is 5.32 Å². The van der Waals surface area contributed by atoms with Gasteiger partial charge in [0.25, 0.3) is 0 Å². The van der Waals surface area contributed by atoms with E-state index in [1.165, 1.54) is 0 Å². The number of anilines is 1. The van der Waals surface area contributed by atoms with Gasteiger partial charge in [0.1, 0.15) is 0 Å². The van der Waals surface area contributed by atoms with Crippen molar-refractivity contribution in [3.63, 3.8) is 0 Å². The van der Waals surface area contributed by atoms with Gasteiger partial charge in [0.05, 0.1) is 5.69 Å². The highest BCUT2D eigenvalue weighted by Gasteiger charge is 1.93. The van der Waals surface area contributed by atoms with Crippen molar-refractivity contribution >= 4 is 11.8 Å². The standard InChI is InChI=1S/C7H6NO2/c9-7(10)8-6-4-2-1-3-5-6/h1-4,8H,(H,9,10). The molecular weight excluding hydrogens is 130 g/mol. The zero-order chi connectivity index (χ0) is 7.40. The summed E-state index contributed by atoms with van der Waals surface area (Å²) >= 11 is 0. The zero-order valence-electron chi connectivity index (χ0n) is 5.16. The summed E-state index contributed by atoms with van der Waals surface area (Å²) in [4.78, 5) is 10.0. The summed E-state index contributed by atoms with van der Waals surface area (Å²) in [7, 11) is 0. The molecule has 0 fully saturated rings. The van der Waals surface area contributed by atoms with E-state index in [9.17, 15) is 4.79 Å². The van der Waals surface area contributed by atoms with Crippen LogP contribution in [-0.2, 0) is 0 Å². The lowest BCUT2D eigenvalue weighted by molar-refractivity contribution is 0.210. The number of hydrogen-bond donors (Lipinski definition) is 2. The quantitative estimate of drug-likeness (QED) is 0.615. The molecule has 10 heavy (non-hydrogen) atoms. The molecule has 3 nitrogen and oxygen atoms in total. The number of hydrogen-bond acceptors (Lipinski definition) is 1. The fourth-order valence-electron chi connectivity index (χ4n) is 0.586. The lowest BCUT2D eigenvalue weighted by Crippen LogP contribution is -2.06. The largest absolute Gasteiger partial charge is 0.465 e. The molecule has 1 amide bonds. The Morgan fingerprint density at radius 3 is 2.90 bits per heavy atom. The van der Waals surface area contributed by atoms with Crippen LogP contribution in [0, 0.1) is 6.07 Å². The van der Waals surface area contributed by atoms with Crippen LogP contribution in [0.5, 0.6) is 0 Å². The van der Waals surface area contributed by atoms with Gasteiger partial charge in [0, 0.05) is 6.07 Å². The van der Waals surface area contributed by atoms with Crippen molar-refractivity contribution in [1.82, 2.24) is 0 Å². The Morgan fingerprint density at radius 1 is 1.60 bits per heavy atom. The molecule has 1 aromatic carbocycles. The molecule has 0 saturated carbocycles. The van der Waals surface area contributed by atoms with Gasteiger partial charge >= 0.3 is 6.09 Å². The van der Waals surface area contributed by atoms with Gasteiger partial charge in [-0.1, -0.05) is 18.2 Å². The summed E-state index contributed by atoms with van der Waals surface area (Å²) < 4.78 is 0. The van der Waals surface area contributed by atoms with E-state index >= 15 is 0 Å². The molecule has 1 aromatic rings. The third-order valence-electron chi connectivity index (χ3n) is 0.951. The van der Waals surface area contributed by atoms with Crippen molar-refractivity contribution in [1.29, 1.82) is 0 Å². The van der Waals surface area contributed by atoms with Crippen LogP contribution in [0.2, 0.25) is 0 Å². The number of para-hydroxylation sites is 1. The third-order valence-corrected chi connectivity index (χ3v) is 0.951. The summed E-state index contributed by atoms with van der Waals surface area (Å²) in [6, 6.07) is 9.49. The van der Waals surface area contributed by atoms with Crippen LogP contribution in [0.1, 0.15) is 0 Å². The van der Waals surface area contributed by atoms with E-state index in [1.807, 2.05) is 0 Å². The van der Waals surface area contributed by atoms with Gasteiger partial charge < -0.3 is 5.11 Å². The topological polar surface area (TPSA) is 49.3 Å². The van der Waals surface area contributed by atoms with E-state index in [-0.39, 0.29) is 0 Å². The van der Waals surface area contributed by atoms with Crippen molar-refractivity contribution in [2.24, 2.45) is 0 Å². The predicted molar refractivity (Wildman–Crippen MR) is 36.9 cm³/mol. The highest BCUT2D eigenvalue weighted by molar-refractivity contribution is 5.82. The van der Waals surface area contributed by atoms with Gasteiger partial charge in [0.15, 0.2) is 0 Å². The summed E-state index contributed by atoms with van der Waals surface area (Å²) in [5, 5.41) is 10.4. The Labute approximate surface area is 58.3 Å². The van der Waals surface area contributed by atoms with Crippen LogP contribution in [0.3, 0.4) is 0 Å². The molecule has 0 spiro atoms. The molecule has 0 aliphatic carbocycles. The summed E-state index contributed by atoms with van der Waals surface area (Å²) in [5.41, 5.74) is 0.468. The van der Waals surface area contributed by atoms with Gasteiger partial charge in [0.2, 0.25) is 0 Å². The second-order valence-corrected chi connectivity index (χ2v) is 1.71. The van der Waals surface area contributed by atoms with Crippen molar-refractivity contribution in [3.05, 3.63) is 30.3 Å². The number of carbonyl (C=O) groups is 1. The van der Waals surface area contributed by atoms with E-state index < -0.39 is 6.09 Å². The van der Waals surface area contributed by atoms with E-state index in [0.717, 1.165) is 0 Å². The van der Waals surface area contributed by atoms with Crippen molar-refractivity contribution in [2.45, 2.75) is 0 Å². The first-order valence-corrected chi connectivity index (χ1v) is 2.76. The Bertz CT molecular complexity index is 220. The molecule has 0 atom stereocenters. The minimum Gasteiger partial charge on any atom is -0.465 e. The molecule has 1 rings (SSSR count). The van der Waals surface area contributed by atoms with Crippen LogP contribution >= 0.6 is 0 Å². The molecule has 0 aliphatic rings. The SMILES string of the molecule is O=C(O)Nc1[c]cccc1. The first-order chi connectivity index (χ1) is 4.79. The minimum atomic E-state index is -1.07.